The number of rotatable bonds is 4. The summed E-state index contributed by atoms with van der Waals surface area (Å²) in [5.41, 5.74) is 2.51. The number of amides is 1. The number of carboxylic acid groups (broad SMARTS) is 1. The molecule has 3 rings (SSSR count). The summed E-state index contributed by atoms with van der Waals surface area (Å²) in [5.74, 6) is 0. The Morgan fingerprint density at radius 2 is 1.60 bits per heavy atom. The largest absolute Gasteiger partial charge is 0.465 e. The van der Waals surface area contributed by atoms with Crippen molar-refractivity contribution >= 4 is 28.8 Å². The van der Waals surface area contributed by atoms with Gasteiger partial charge in [-0.05, 0) is 30.3 Å². The Morgan fingerprint density at radius 1 is 1.00 bits per heavy atom. The molecule has 2 aromatic rings. The predicted molar refractivity (Wildman–Crippen MR) is 95.6 cm³/mol. The fourth-order valence-electron chi connectivity index (χ4n) is 2.91. The molecule has 2 aromatic carbocycles. The standard InChI is InChI=1S/C17H18N4O4/c22-17(23)18-13-4-6-14(7-5-13)19-8-10-20(11-9-19)15-2-1-3-16(12-15)21(24)25/h1-7,12,18H,8-11H2,(H,22,23). The first kappa shape index (κ1) is 16.6. The zero-order chi connectivity index (χ0) is 17.8. The second-order valence-electron chi connectivity index (χ2n) is 5.73. The molecule has 0 spiro atoms. The average molecular weight is 342 g/mol. The van der Waals surface area contributed by atoms with Gasteiger partial charge in [-0.1, -0.05) is 6.07 Å². The average Bonchev–Trinajstić information content (AvgIpc) is 2.62. The van der Waals surface area contributed by atoms with E-state index >= 15 is 0 Å². The highest BCUT2D eigenvalue weighted by Crippen LogP contribution is 2.24. The van der Waals surface area contributed by atoms with E-state index in [9.17, 15) is 14.9 Å². The van der Waals surface area contributed by atoms with Crippen molar-refractivity contribution in [2.45, 2.75) is 0 Å². The maximum absolute atomic E-state index is 10.9. The molecule has 1 amide bonds. The monoisotopic (exact) mass is 342 g/mol. The Kier molecular flexibility index (Phi) is 4.69. The number of carbonyl (C=O) groups is 1. The molecule has 0 aromatic heterocycles. The van der Waals surface area contributed by atoms with Crippen LogP contribution in [0.4, 0.5) is 27.5 Å². The molecular formula is C17H18N4O4. The van der Waals surface area contributed by atoms with Crippen molar-refractivity contribution in [2.75, 3.05) is 41.3 Å². The van der Waals surface area contributed by atoms with Crippen molar-refractivity contribution in [1.82, 2.24) is 0 Å². The lowest BCUT2D eigenvalue weighted by molar-refractivity contribution is -0.384. The quantitative estimate of drug-likeness (QED) is 0.654. The molecule has 8 nitrogen and oxygen atoms in total. The van der Waals surface area contributed by atoms with Crippen molar-refractivity contribution < 1.29 is 14.8 Å². The second kappa shape index (κ2) is 7.08. The van der Waals surface area contributed by atoms with Crippen molar-refractivity contribution in [3.05, 3.63) is 58.6 Å². The Morgan fingerprint density at radius 3 is 2.16 bits per heavy atom. The van der Waals surface area contributed by atoms with Crippen LogP contribution in [0.3, 0.4) is 0 Å². The molecule has 0 unspecified atom stereocenters. The Hall–Kier alpha value is -3.29. The van der Waals surface area contributed by atoms with E-state index in [2.05, 4.69) is 15.1 Å². The van der Waals surface area contributed by atoms with Crippen molar-refractivity contribution in [2.24, 2.45) is 0 Å². The molecule has 1 aliphatic heterocycles. The van der Waals surface area contributed by atoms with Gasteiger partial charge in [-0.2, -0.15) is 0 Å². The summed E-state index contributed by atoms with van der Waals surface area (Å²) < 4.78 is 0. The summed E-state index contributed by atoms with van der Waals surface area (Å²) in [6.45, 7) is 3.09. The summed E-state index contributed by atoms with van der Waals surface area (Å²) in [5, 5.41) is 21.9. The second-order valence-corrected chi connectivity index (χ2v) is 5.73. The molecule has 25 heavy (non-hydrogen) atoms. The zero-order valence-electron chi connectivity index (χ0n) is 13.5. The molecule has 130 valence electrons. The van der Waals surface area contributed by atoms with Gasteiger partial charge in [0.15, 0.2) is 0 Å². The Balaban J connectivity index is 1.62. The van der Waals surface area contributed by atoms with Crippen LogP contribution in [-0.2, 0) is 0 Å². The molecule has 1 aliphatic rings. The smallest absolute Gasteiger partial charge is 0.409 e. The fourth-order valence-corrected chi connectivity index (χ4v) is 2.91. The van der Waals surface area contributed by atoms with E-state index in [1.807, 2.05) is 18.2 Å². The van der Waals surface area contributed by atoms with Gasteiger partial charge in [0.2, 0.25) is 0 Å². The predicted octanol–water partition coefficient (Wildman–Crippen LogP) is 3.01. The first-order valence-electron chi connectivity index (χ1n) is 7.87. The highest BCUT2D eigenvalue weighted by atomic mass is 16.6. The van der Waals surface area contributed by atoms with Crippen molar-refractivity contribution in [1.29, 1.82) is 0 Å². The van der Waals surface area contributed by atoms with Crippen LogP contribution in [0, 0.1) is 10.1 Å². The number of anilines is 3. The van der Waals surface area contributed by atoms with E-state index < -0.39 is 6.09 Å². The summed E-state index contributed by atoms with van der Waals surface area (Å²) in [6, 6.07) is 13.9. The van der Waals surface area contributed by atoms with Gasteiger partial charge in [-0.3, -0.25) is 15.4 Å². The molecule has 1 fully saturated rings. The summed E-state index contributed by atoms with van der Waals surface area (Å²) in [4.78, 5) is 25.5. The first-order valence-corrected chi connectivity index (χ1v) is 7.87. The minimum absolute atomic E-state index is 0.0986. The van der Waals surface area contributed by atoms with Gasteiger partial charge in [-0.15, -0.1) is 0 Å². The maximum atomic E-state index is 10.9. The molecule has 0 atom stereocenters. The summed E-state index contributed by atoms with van der Waals surface area (Å²) in [7, 11) is 0. The summed E-state index contributed by atoms with van der Waals surface area (Å²) >= 11 is 0. The van der Waals surface area contributed by atoms with Gasteiger partial charge in [-0.25, -0.2) is 4.79 Å². The zero-order valence-corrected chi connectivity index (χ0v) is 13.5. The normalized spacial score (nSPS) is 14.2. The van der Waals surface area contributed by atoms with E-state index in [1.54, 1.807) is 24.3 Å². The fraction of sp³-hybridized carbons (Fsp3) is 0.235. The van der Waals surface area contributed by atoms with Crippen LogP contribution in [-0.4, -0.2) is 42.3 Å². The molecule has 0 bridgehead atoms. The van der Waals surface area contributed by atoms with E-state index in [4.69, 9.17) is 5.11 Å². The number of nitro benzene ring substituents is 1. The van der Waals surface area contributed by atoms with E-state index in [0.29, 0.717) is 5.69 Å². The lowest BCUT2D eigenvalue weighted by atomic mass is 10.2. The molecule has 1 saturated heterocycles. The van der Waals surface area contributed by atoms with Crippen LogP contribution in [0.2, 0.25) is 0 Å². The molecule has 1 heterocycles. The third-order valence-corrected chi connectivity index (χ3v) is 4.17. The molecule has 2 N–H and O–H groups in total. The van der Waals surface area contributed by atoms with E-state index in [1.165, 1.54) is 6.07 Å². The lowest BCUT2D eigenvalue weighted by Crippen LogP contribution is -2.46. The third kappa shape index (κ3) is 3.97. The SMILES string of the molecule is O=C(O)Nc1ccc(N2CCN(c3cccc([N+](=O)[O-])c3)CC2)cc1. The number of nitrogens with zero attached hydrogens (tertiary/aromatic N) is 3. The number of non-ortho nitro benzene ring substituents is 1. The Bertz CT molecular complexity index is 770. The van der Waals surface area contributed by atoms with Gasteiger partial charge in [0.1, 0.15) is 0 Å². The Labute approximate surface area is 144 Å². The molecular weight excluding hydrogens is 324 g/mol. The molecule has 0 saturated carbocycles. The van der Waals surface area contributed by atoms with Crippen LogP contribution in [0.5, 0.6) is 0 Å². The minimum atomic E-state index is -1.08. The minimum Gasteiger partial charge on any atom is -0.465 e. The van der Waals surface area contributed by atoms with Crippen molar-refractivity contribution in [3.63, 3.8) is 0 Å². The number of piperazine rings is 1. The van der Waals surface area contributed by atoms with Crippen LogP contribution < -0.4 is 15.1 Å². The van der Waals surface area contributed by atoms with Gasteiger partial charge >= 0.3 is 6.09 Å². The van der Waals surface area contributed by atoms with Crippen molar-refractivity contribution in [3.8, 4) is 0 Å². The third-order valence-electron chi connectivity index (χ3n) is 4.17. The highest BCUT2D eigenvalue weighted by molar-refractivity contribution is 5.83. The van der Waals surface area contributed by atoms with Gasteiger partial charge in [0, 0.05) is 55.4 Å². The number of benzene rings is 2. The van der Waals surface area contributed by atoms with Crippen LogP contribution in [0.1, 0.15) is 0 Å². The van der Waals surface area contributed by atoms with Gasteiger partial charge < -0.3 is 14.9 Å². The maximum Gasteiger partial charge on any atom is 0.409 e. The topological polar surface area (TPSA) is 99.0 Å². The van der Waals surface area contributed by atoms with Crippen LogP contribution in [0.25, 0.3) is 0 Å². The van der Waals surface area contributed by atoms with Gasteiger partial charge in [0.05, 0.1) is 4.92 Å². The van der Waals surface area contributed by atoms with E-state index in [-0.39, 0.29) is 10.6 Å². The number of hydrogen-bond acceptors (Lipinski definition) is 5. The number of nitrogens with one attached hydrogen (secondary N) is 1. The van der Waals surface area contributed by atoms with Crippen LogP contribution in [0.15, 0.2) is 48.5 Å². The lowest BCUT2D eigenvalue weighted by Gasteiger charge is -2.37. The number of hydrogen-bond donors (Lipinski definition) is 2. The highest BCUT2D eigenvalue weighted by Gasteiger charge is 2.19. The molecule has 0 aliphatic carbocycles. The number of nitro groups is 1. The van der Waals surface area contributed by atoms with Crippen LogP contribution >= 0.6 is 0 Å². The van der Waals surface area contributed by atoms with Gasteiger partial charge in [0.25, 0.3) is 5.69 Å². The first-order chi connectivity index (χ1) is 12.0. The van der Waals surface area contributed by atoms with E-state index in [0.717, 1.165) is 37.6 Å². The molecule has 0 radical (unpaired) electrons. The summed E-state index contributed by atoms with van der Waals surface area (Å²) in [6.07, 6.45) is -1.08. The molecule has 8 heteroatoms.